The van der Waals surface area contributed by atoms with Gasteiger partial charge in [-0.15, -0.1) is 4.73 Å². The van der Waals surface area contributed by atoms with E-state index in [0.29, 0.717) is 46.2 Å². The molecule has 0 saturated carbocycles. The molecule has 0 unspecified atom stereocenters. The molecule has 0 radical (unpaired) electrons. The third-order valence-electron chi connectivity index (χ3n) is 7.32. The molecule has 9 heteroatoms. The van der Waals surface area contributed by atoms with Crippen molar-refractivity contribution in [2.45, 2.75) is 88.5 Å². The fourth-order valence-corrected chi connectivity index (χ4v) is 4.97. The summed E-state index contributed by atoms with van der Waals surface area (Å²) in [6, 6.07) is 2.03. The Morgan fingerprint density at radius 1 is 0.561 bits per heavy atom. The zero-order chi connectivity index (χ0) is 30.3. The molecule has 0 aliphatic carbocycles. The number of hydrogen-bond donors (Lipinski definition) is 2. The standard InChI is InChI=1S/C32H42N8O/c1-29(2,3)17-13-21-33-22-14-18(30(4,5)6)26(35-22)39-28-20(32(10,11)12)16-24(37-28)40(41)23-15-19(31(7,8)9)27(36-23)38-25(17)34-21/h13-16,34,41H,1-12H3. The zero-order valence-corrected chi connectivity index (χ0v) is 26.4. The van der Waals surface area contributed by atoms with E-state index in [9.17, 15) is 5.21 Å². The average molecular weight is 555 g/mol. The molecule has 9 nitrogen and oxygen atoms in total. The molecule has 216 valence electrons. The van der Waals surface area contributed by atoms with Crippen LogP contribution in [0.3, 0.4) is 0 Å². The van der Waals surface area contributed by atoms with Gasteiger partial charge >= 0.3 is 0 Å². The molecule has 0 saturated heterocycles. The fraction of sp³-hybridized carbons (Fsp3) is 0.500. The highest BCUT2D eigenvalue weighted by Gasteiger charge is 2.31. The maximum absolute atomic E-state index is 11.5. The van der Waals surface area contributed by atoms with Crippen molar-refractivity contribution in [3.8, 4) is 0 Å². The van der Waals surface area contributed by atoms with Gasteiger partial charge in [0, 0.05) is 22.3 Å². The van der Waals surface area contributed by atoms with E-state index in [2.05, 4.69) is 88.1 Å². The SMILES string of the molecule is CC(C)(C)C1=Cc2nc1nc1nc(n(O)c3nc(nc4[nH]c(cc4C(C)(C)C)n2)C(C(C)(C)C)=C3)C=C1C(C)(C)C. The number of aromatic amines is 1. The summed E-state index contributed by atoms with van der Waals surface area (Å²) in [5.41, 5.74) is 4.13. The first-order chi connectivity index (χ1) is 18.7. The van der Waals surface area contributed by atoms with Crippen molar-refractivity contribution in [1.29, 1.82) is 0 Å². The van der Waals surface area contributed by atoms with Crippen LogP contribution in [0.15, 0.2) is 6.07 Å². The molecule has 3 aliphatic rings. The molecular formula is C32H42N8O. The number of nitrogens with one attached hydrogen (secondary N) is 1. The summed E-state index contributed by atoms with van der Waals surface area (Å²) in [4.78, 5) is 32.8. The van der Waals surface area contributed by atoms with Crippen LogP contribution >= 0.6 is 0 Å². The Morgan fingerprint density at radius 2 is 1.02 bits per heavy atom. The van der Waals surface area contributed by atoms with E-state index in [4.69, 9.17) is 29.9 Å². The second-order valence-electron chi connectivity index (χ2n) is 15.1. The Morgan fingerprint density at radius 3 is 1.51 bits per heavy atom. The van der Waals surface area contributed by atoms with Crippen LogP contribution in [-0.4, -0.2) is 44.8 Å². The predicted octanol–water partition coefficient (Wildman–Crippen LogP) is 7.39. The highest BCUT2D eigenvalue weighted by molar-refractivity contribution is 5.87. The van der Waals surface area contributed by atoms with E-state index < -0.39 is 0 Å². The van der Waals surface area contributed by atoms with Crippen molar-refractivity contribution in [2.24, 2.45) is 16.2 Å². The normalized spacial score (nSPS) is 15.4. The Kier molecular flexibility index (Phi) is 6.33. The molecule has 41 heavy (non-hydrogen) atoms. The minimum absolute atomic E-state index is 0.207. The number of nitrogens with zero attached hydrogens (tertiary/aromatic N) is 7. The van der Waals surface area contributed by atoms with Crippen LogP contribution in [-0.2, 0) is 5.41 Å². The molecule has 2 N–H and O–H groups in total. The number of H-pyrrole nitrogens is 1. The molecule has 2 aromatic heterocycles. The van der Waals surface area contributed by atoms with Gasteiger partial charge in [0.05, 0.1) is 0 Å². The first-order valence-corrected chi connectivity index (χ1v) is 14.1. The zero-order valence-electron chi connectivity index (χ0n) is 26.4. The van der Waals surface area contributed by atoms with Crippen molar-refractivity contribution < 1.29 is 5.21 Å². The minimum Gasteiger partial charge on any atom is -0.425 e. The number of rotatable bonds is 0. The van der Waals surface area contributed by atoms with Gasteiger partial charge in [0.2, 0.25) is 0 Å². The largest absolute Gasteiger partial charge is 0.425 e. The molecule has 0 aromatic carbocycles. The van der Waals surface area contributed by atoms with Gasteiger partial charge in [-0.05, 0) is 46.0 Å². The summed E-state index contributed by atoms with van der Waals surface area (Å²) >= 11 is 0. The van der Waals surface area contributed by atoms with Crippen LogP contribution in [0.1, 0.15) is 124 Å². The number of hydrogen-bond acceptors (Lipinski definition) is 7. The Balaban J connectivity index is 1.97. The van der Waals surface area contributed by atoms with E-state index in [1.54, 1.807) is 0 Å². The van der Waals surface area contributed by atoms with Crippen LogP contribution in [0.25, 0.3) is 46.2 Å². The molecule has 3 aliphatic heterocycles. The summed E-state index contributed by atoms with van der Waals surface area (Å²) in [6.07, 6.45) is 5.75. The Labute approximate surface area is 242 Å². The highest BCUT2D eigenvalue weighted by atomic mass is 16.5. The number of aromatic nitrogens is 8. The van der Waals surface area contributed by atoms with Gasteiger partial charge in [-0.1, -0.05) is 83.1 Å². The van der Waals surface area contributed by atoms with Crippen molar-refractivity contribution in [1.82, 2.24) is 39.6 Å². The smallest absolute Gasteiger partial charge is 0.173 e. The van der Waals surface area contributed by atoms with Gasteiger partial charge in [0.1, 0.15) is 11.3 Å². The second kappa shape index (κ2) is 9.06. The molecule has 0 fully saturated rings. The van der Waals surface area contributed by atoms with Gasteiger partial charge in [-0.2, -0.15) is 0 Å². The molecular weight excluding hydrogens is 512 g/mol. The van der Waals surface area contributed by atoms with Crippen LogP contribution in [0.2, 0.25) is 0 Å². The topological polar surface area (TPSA) is 118 Å². The summed E-state index contributed by atoms with van der Waals surface area (Å²) in [5, 5.41) is 11.5. The van der Waals surface area contributed by atoms with E-state index in [-0.39, 0.29) is 21.7 Å². The maximum Gasteiger partial charge on any atom is 0.173 e. The number of allylic oxidation sites excluding steroid dienone is 3. The van der Waals surface area contributed by atoms with E-state index in [0.717, 1.165) is 27.0 Å². The number of fused-ring (bicyclic) bond motifs is 8. The summed E-state index contributed by atoms with van der Waals surface area (Å²) in [5.74, 6) is 2.87. The molecule has 0 amide bonds. The fourth-order valence-electron chi connectivity index (χ4n) is 4.97. The molecule has 8 bridgehead atoms. The quantitative estimate of drug-likeness (QED) is 0.326. The van der Waals surface area contributed by atoms with Gasteiger partial charge < -0.3 is 10.2 Å². The first kappa shape index (κ1) is 28.6. The Hall–Kier alpha value is -3.88. The lowest BCUT2D eigenvalue weighted by Crippen LogP contribution is -2.11. The van der Waals surface area contributed by atoms with Gasteiger partial charge in [0.25, 0.3) is 0 Å². The third-order valence-corrected chi connectivity index (χ3v) is 7.32. The predicted molar refractivity (Wildman–Crippen MR) is 165 cm³/mol. The van der Waals surface area contributed by atoms with Crippen molar-refractivity contribution >= 4 is 46.2 Å². The first-order valence-electron chi connectivity index (χ1n) is 14.1. The van der Waals surface area contributed by atoms with Crippen LogP contribution in [0, 0.1) is 16.2 Å². The van der Waals surface area contributed by atoms with Crippen LogP contribution in [0.5, 0.6) is 0 Å². The molecule has 2 aromatic rings. The Bertz CT molecular complexity index is 1720. The summed E-state index contributed by atoms with van der Waals surface area (Å²) in [6.45, 7) is 25.5. The van der Waals surface area contributed by atoms with Crippen LogP contribution in [0.4, 0.5) is 0 Å². The van der Waals surface area contributed by atoms with Crippen molar-refractivity contribution in [3.63, 3.8) is 0 Å². The highest BCUT2D eigenvalue weighted by Crippen LogP contribution is 2.40. The van der Waals surface area contributed by atoms with Crippen LogP contribution < -0.4 is 0 Å². The second-order valence-corrected chi connectivity index (χ2v) is 15.1. The molecule has 5 rings (SSSR count). The maximum atomic E-state index is 11.5. The van der Waals surface area contributed by atoms with E-state index in [1.165, 1.54) is 0 Å². The van der Waals surface area contributed by atoms with E-state index >= 15 is 0 Å². The lowest BCUT2D eigenvalue weighted by molar-refractivity contribution is 0.174. The lowest BCUT2D eigenvalue weighted by atomic mass is 9.85. The third kappa shape index (κ3) is 5.42. The van der Waals surface area contributed by atoms with Gasteiger partial charge in [0.15, 0.2) is 34.9 Å². The monoisotopic (exact) mass is 554 g/mol. The van der Waals surface area contributed by atoms with Crippen molar-refractivity contribution in [3.05, 3.63) is 46.6 Å². The van der Waals surface area contributed by atoms with Crippen molar-refractivity contribution in [2.75, 3.05) is 0 Å². The summed E-state index contributed by atoms with van der Waals surface area (Å²) in [7, 11) is 0. The van der Waals surface area contributed by atoms with E-state index in [1.807, 2.05) is 24.3 Å². The lowest BCUT2D eigenvalue weighted by Gasteiger charge is -2.20. The molecule has 5 heterocycles. The average Bonchev–Trinajstić information content (AvgIpc) is 3.56. The molecule has 0 spiro atoms. The summed E-state index contributed by atoms with van der Waals surface area (Å²) < 4.78 is 1.03. The van der Waals surface area contributed by atoms with Gasteiger partial charge in [-0.25, -0.2) is 29.9 Å². The minimum atomic E-state index is -0.282. The molecule has 0 atom stereocenters. The van der Waals surface area contributed by atoms with Gasteiger partial charge in [-0.3, -0.25) is 0 Å².